The average molecular weight is 656 g/mol. The van der Waals surface area contributed by atoms with Crippen molar-refractivity contribution in [2.45, 2.75) is 6.92 Å². The molecule has 0 atom stereocenters. The van der Waals surface area contributed by atoms with Crippen molar-refractivity contribution in [1.29, 1.82) is 0 Å². The first-order chi connectivity index (χ1) is 14.3. The minimum atomic E-state index is -4.69. The third-order valence-electron chi connectivity index (χ3n) is 0.550. The first-order valence-corrected chi connectivity index (χ1v) is 15.5. The van der Waals surface area contributed by atoms with Gasteiger partial charge in [-0.15, -0.1) is 0 Å². The van der Waals surface area contributed by atoms with Crippen LogP contribution in [0.3, 0.4) is 0 Å². The lowest BCUT2D eigenvalue weighted by atomic mass is 10.4. The van der Waals surface area contributed by atoms with Gasteiger partial charge >= 0.3 is 52.9 Å². The van der Waals surface area contributed by atoms with E-state index < -0.39 is 52.9 Å². The Morgan fingerprint density at radius 3 is 0.629 bits per heavy atom. The van der Waals surface area contributed by atoms with E-state index in [2.05, 4.69) is 11.1 Å². The minimum absolute atomic E-state index is 0.0525. The monoisotopic (exact) mass is 656 g/mol. The lowest BCUT2D eigenvalue weighted by Gasteiger charge is -2.02. The fraction of sp³-hybridized carbons (Fsp3) is 0.250. The van der Waals surface area contributed by atoms with Crippen molar-refractivity contribution in [3.8, 4) is 0 Å². The standard InChI is InChI=1S/C4H7O5P.5H3O4P/c1-3(2)4(5)9-10(6,7)8;5*1-5(2,3)4/h1H2,2H3,(H2,6,7,8);5*(H3,1,2,3,4). The Balaban J connectivity index is -0.0000000744. The van der Waals surface area contributed by atoms with Crippen LogP contribution in [0.2, 0.25) is 0 Å². The summed E-state index contributed by atoms with van der Waals surface area (Å²) in [4.78, 5) is 134. The molecular weight excluding hydrogens is 634 g/mol. The van der Waals surface area contributed by atoms with E-state index in [4.69, 9.17) is 106 Å². The number of rotatable bonds is 2. The van der Waals surface area contributed by atoms with Gasteiger partial charge in [-0.05, 0) is 6.92 Å². The van der Waals surface area contributed by atoms with Gasteiger partial charge in [0.2, 0.25) is 0 Å². The Bertz CT molecular complexity index is 706. The lowest BCUT2D eigenvalue weighted by Crippen LogP contribution is -2.01. The normalized spacial score (nSPS) is 11.5. The van der Waals surface area contributed by atoms with E-state index in [0.717, 1.165) is 0 Å². The van der Waals surface area contributed by atoms with Crippen LogP contribution in [0.1, 0.15) is 6.92 Å². The largest absolute Gasteiger partial charge is 0.527 e. The van der Waals surface area contributed by atoms with Gasteiger partial charge in [-0.3, -0.25) is 9.79 Å². The first-order valence-electron chi connectivity index (χ1n) is 6.19. The summed E-state index contributed by atoms with van der Waals surface area (Å²) >= 11 is 0. The van der Waals surface area contributed by atoms with Gasteiger partial charge < -0.3 is 77.9 Å². The van der Waals surface area contributed by atoms with Gasteiger partial charge in [-0.25, -0.2) is 32.2 Å². The SMILES string of the molecule is C=C(C)C(=O)OP(=O)(O)O.O=P(O)(O)O.O=P(O)(O)O.O=P(O)(O)O.O=P(O)(O)O.O=P(O)(O)O. The van der Waals surface area contributed by atoms with Crippen molar-refractivity contribution in [2.75, 3.05) is 0 Å². The zero-order valence-corrected chi connectivity index (χ0v) is 21.6. The highest BCUT2D eigenvalue weighted by atomic mass is 31.2. The molecule has 0 fully saturated rings. The smallest absolute Gasteiger partial charge is 0.367 e. The molecule has 0 aromatic heterocycles. The molecule has 0 saturated carbocycles. The molecule has 0 radical (unpaired) electrons. The van der Waals surface area contributed by atoms with Gasteiger partial charge in [0.15, 0.2) is 0 Å². The minimum Gasteiger partial charge on any atom is -0.367 e. The number of hydrogen-bond acceptors (Lipinski definition) is 8. The predicted octanol–water partition coefficient (Wildman–Crippen LogP) is -4.44. The lowest BCUT2D eigenvalue weighted by molar-refractivity contribution is -0.131. The summed E-state index contributed by atoms with van der Waals surface area (Å²) in [7, 11) is -27.9. The van der Waals surface area contributed by atoms with E-state index in [1.807, 2.05) is 0 Å². The van der Waals surface area contributed by atoms with E-state index >= 15 is 0 Å². The van der Waals surface area contributed by atoms with Crippen molar-refractivity contribution in [2.24, 2.45) is 0 Å². The number of phosphoric ester groups is 1. The van der Waals surface area contributed by atoms with E-state index in [0.29, 0.717) is 0 Å². The number of carbonyl (C=O) groups excluding carboxylic acids is 1. The topological polar surface area (TPSA) is 473 Å². The summed E-state index contributed by atoms with van der Waals surface area (Å²) < 4.78 is 58.0. The van der Waals surface area contributed by atoms with E-state index in [1.165, 1.54) is 6.92 Å². The van der Waals surface area contributed by atoms with Crippen molar-refractivity contribution in [1.82, 2.24) is 0 Å². The van der Waals surface area contributed by atoms with Crippen molar-refractivity contribution in [3.05, 3.63) is 12.2 Å². The van der Waals surface area contributed by atoms with E-state index in [-0.39, 0.29) is 5.57 Å². The molecule has 0 amide bonds. The fourth-order valence-corrected chi connectivity index (χ4v) is 0.558. The molecule has 17 N–H and O–H groups in total. The van der Waals surface area contributed by atoms with Crippen LogP contribution in [0.5, 0.6) is 0 Å². The van der Waals surface area contributed by atoms with Crippen LogP contribution in [0.15, 0.2) is 12.2 Å². The van der Waals surface area contributed by atoms with Crippen LogP contribution in [-0.4, -0.2) is 89.2 Å². The van der Waals surface area contributed by atoms with Gasteiger partial charge in [-0.1, -0.05) is 6.58 Å². The summed E-state index contributed by atoms with van der Waals surface area (Å²) in [6.07, 6.45) is 0. The second-order valence-corrected chi connectivity index (χ2v) is 10.5. The Kier molecular flexibility index (Phi) is 27.4. The average Bonchev–Trinajstić information content (AvgIpc) is 2.24. The molecular formula is C4H22O25P6. The van der Waals surface area contributed by atoms with Crippen molar-refractivity contribution in [3.63, 3.8) is 0 Å². The Morgan fingerprint density at radius 1 is 0.486 bits per heavy atom. The van der Waals surface area contributed by atoms with Gasteiger partial charge in [0.05, 0.1) is 0 Å². The molecule has 0 aliphatic rings. The van der Waals surface area contributed by atoms with Crippen LogP contribution >= 0.6 is 46.9 Å². The zero-order valence-electron chi connectivity index (χ0n) is 16.3. The Morgan fingerprint density at radius 2 is 0.600 bits per heavy atom. The maximum atomic E-state index is 10.3. The van der Waals surface area contributed by atoms with Crippen molar-refractivity contribution < 1.29 is 120 Å². The summed E-state index contributed by atoms with van der Waals surface area (Å²) in [5, 5.41) is 0. The summed E-state index contributed by atoms with van der Waals surface area (Å²) in [5.41, 5.74) is -0.0525. The molecule has 25 nitrogen and oxygen atoms in total. The molecule has 35 heavy (non-hydrogen) atoms. The number of hydrogen-bond donors (Lipinski definition) is 17. The van der Waals surface area contributed by atoms with Crippen LogP contribution in [0, 0.1) is 0 Å². The molecule has 0 aromatic rings. The van der Waals surface area contributed by atoms with Gasteiger partial charge in [0.25, 0.3) is 0 Å². The highest BCUT2D eigenvalue weighted by molar-refractivity contribution is 7.47. The second kappa shape index (κ2) is 19.9. The zero-order chi connectivity index (χ0) is 30.9. The first kappa shape index (κ1) is 48.0. The third-order valence-corrected chi connectivity index (χ3v) is 0.954. The summed E-state index contributed by atoms with van der Waals surface area (Å²) in [6.45, 7) is 4.41. The fourth-order valence-electron chi connectivity index (χ4n) is 0.186. The molecule has 0 aromatic carbocycles. The quantitative estimate of drug-likeness (QED) is 0.0984. The molecule has 0 heterocycles. The maximum absolute atomic E-state index is 10.3. The molecule has 0 aliphatic heterocycles. The number of carbonyl (C=O) groups is 1. The van der Waals surface area contributed by atoms with Crippen LogP contribution in [-0.2, 0) is 36.7 Å². The van der Waals surface area contributed by atoms with E-state index in [1.54, 1.807) is 0 Å². The number of phosphoric acid groups is 6. The highest BCUT2D eigenvalue weighted by Crippen LogP contribution is 2.36. The van der Waals surface area contributed by atoms with Crippen molar-refractivity contribution >= 4 is 52.9 Å². The highest BCUT2D eigenvalue weighted by Gasteiger charge is 2.20. The van der Waals surface area contributed by atoms with Crippen LogP contribution in [0.25, 0.3) is 0 Å². The molecule has 0 rings (SSSR count). The molecule has 218 valence electrons. The van der Waals surface area contributed by atoms with E-state index in [9.17, 15) is 9.36 Å². The molecule has 0 aliphatic carbocycles. The van der Waals surface area contributed by atoms with Crippen LogP contribution in [0.4, 0.5) is 0 Å². The third kappa shape index (κ3) is 435. The Labute approximate surface area is 192 Å². The molecule has 0 bridgehead atoms. The molecule has 31 heteroatoms. The Hall–Kier alpha value is -0.0900. The van der Waals surface area contributed by atoms with Crippen LogP contribution < -0.4 is 0 Å². The van der Waals surface area contributed by atoms with Gasteiger partial charge in [0.1, 0.15) is 0 Å². The predicted molar refractivity (Wildman–Crippen MR) is 104 cm³/mol. The van der Waals surface area contributed by atoms with Gasteiger partial charge in [0, 0.05) is 5.57 Å². The molecule has 0 spiro atoms. The summed E-state index contributed by atoms with van der Waals surface area (Å²) in [5.74, 6) is -1.09. The summed E-state index contributed by atoms with van der Waals surface area (Å²) in [6, 6.07) is 0. The maximum Gasteiger partial charge on any atom is 0.527 e. The molecule has 0 saturated heterocycles. The second-order valence-electron chi connectivity index (χ2n) is 4.22. The molecule has 0 unspecified atom stereocenters. The van der Waals surface area contributed by atoms with Gasteiger partial charge in [-0.2, -0.15) is 0 Å².